The van der Waals surface area contributed by atoms with E-state index < -0.39 is 0 Å². The number of hydrogen-bond donors (Lipinski definition) is 2. The van der Waals surface area contributed by atoms with Crippen LogP contribution in [0.3, 0.4) is 0 Å². The van der Waals surface area contributed by atoms with E-state index in [9.17, 15) is 0 Å². The lowest BCUT2D eigenvalue weighted by molar-refractivity contribution is 0.644. The summed E-state index contributed by atoms with van der Waals surface area (Å²) in [4.78, 5) is 0. The lowest BCUT2D eigenvalue weighted by Gasteiger charge is -2.22. The Morgan fingerprint density at radius 2 is 2.30 bits per heavy atom. The Morgan fingerprint density at radius 1 is 1.60 bits per heavy atom. The van der Waals surface area contributed by atoms with Gasteiger partial charge in [-0.25, -0.2) is 0 Å². The van der Waals surface area contributed by atoms with E-state index in [1.807, 2.05) is 0 Å². The van der Waals surface area contributed by atoms with Crippen molar-refractivity contribution in [3.8, 4) is 0 Å². The second-order valence-electron chi connectivity index (χ2n) is 2.77. The third-order valence-electron chi connectivity index (χ3n) is 1.92. The Kier molecular flexibility index (Phi) is 2.90. The van der Waals surface area contributed by atoms with Crippen molar-refractivity contribution in [3.63, 3.8) is 0 Å². The summed E-state index contributed by atoms with van der Waals surface area (Å²) in [6.07, 6.45) is 0. The molecule has 0 unspecified atom stereocenters. The van der Waals surface area contributed by atoms with Crippen molar-refractivity contribution in [2.45, 2.75) is 13.8 Å². The highest BCUT2D eigenvalue weighted by molar-refractivity contribution is 5.22. The second kappa shape index (κ2) is 3.74. The van der Waals surface area contributed by atoms with Crippen LogP contribution in [0.1, 0.15) is 13.8 Å². The normalized spacial score (nSPS) is 16.8. The van der Waals surface area contributed by atoms with Crippen LogP contribution in [0.2, 0.25) is 0 Å². The van der Waals surface area contributed by atoms with E-state index in [1.165, 1.54) is 5.57 Å². The Labute approximate surface area is 62.7 Å². The van der Waals surface area contributed by atoms with E-state index in [1.54, 1.807) is 5.57 Å². The number of nitrogens with one attached hydrogen (secondary N) is 2. The molecule has 1 fully saturated rings. The smallest absolute Gasteiger partial charge is 0.0183 e. The second-order valence-corrected chi connectivity index (χ2v) is 2.77. The van der Waals surface area contributed by atoms with Crippen LogP contribution in [0.5, 0.6) is 0 Å². The molecule has 1 heterocycles. The van der Waals surface area contributed by atoms with Gasteiger partial charge in [0.2, 0.25) is 0 Å². The zero-order valence-electron chi connectivity index (χ0n) is 6.83. The van der Waals surface area contributed by atoms with Crippen molar-refractivity contribution >= 4 is 0 Å². The molecule has 1 saturated heterocycles. The summed E-state index contributed by atoms with van der Waals surface area (Å²) in [5, 5.41) is 6.54. The first kappa shape index (κ1) is 7.76. The average molecular weight is 140 g/mol. The van der Waals surface area contributed by atoms with Crippen molar-refractivity contribution in [2.75, 3.05) is 26.2 Å². The molecule has 0 spiro atoms. The highest BCUT2D eigenvalue weighted by atomic mass is 14.9. The Morgan fingerprint density at radius 3 is 2.70 bits per heavy atom. The monoisotopic (exact) mass is 140 g/mol. The molecule has 10 heavy (non-hydrogen) atoms. The van der Waals surface area contributed by atoms with Crippen LogP contribution in [-0.4, -0.2) is 26.2 Å². The van der Waals surface area contributed by atoms with Crippen molar-refractivity contribution in [1.29, 1.82) is 0 Å². The van der Waals surface area contributed by atoms with Gasteiger partial charge in [0.1, 0.15) is 0 Å². The summed E-state index contributed by atoms with van der Waals surface area (Å²) in [5.74, 6) is 0. The van der Waals surface area contributed by atoms with Gasteiger partial charge in [0, 0.05) is 19.6 Å². The molecule has 0 aromatic rings. The van der Waals surface area contributed by atoms with Crippen LogP contribution < -0.4 is 10.6 Å². The van der Waals surface area contributed by atoms with Gasteiger partial charge in [0.05, 0.1) is 0 Å². The van der Waals surface area contributed by atoms with E-state index in [4.69, 9.17) is 0 Å². The van der Waals surface area contributed by atoms with Crippen LogP contribution in [0.15, 0.2) is 11.1 Å². The minimum atomic E-state index is 1.06. The fourth-order valence-electron chi connectivity index (χ4n) is 0.989. The zero-order valence-corrected chi connectivity index (χ0v) is 6.83. The molecule has 1 aliphatic rings. The van der Waals surface area contributed by atoms with Crippen LogP contribution >= 0.6 is 0 Å². The Balaban J connectivity index is 2.25. The molecular formula is C8H16N2. The minimum absolute atomic E-state index is 1.06. The van der Waals surface area contributed by atoms with Crippen molar-refractivity contribution in [3.05, 3.63) is 11.1 Å². The largest absolute Gasteiger partial charge is 0.313 e. The summed E-state index contributed by atoms with van der Waals surface area (Å²) in [7, 11) is 0. The molecule has 1 rings (SSSR count). The summed E-state index contributed by atoms with van der Waals surface area (Å²) in [6.45, 7) is 8.69. The van der Waals surface area contributed by atoms with Crippen molar-refractivity contribution in [2.24, 2.45) is 0 Å². The van der Waals surface area contributed by atoms with Gasteiger partial charge in [-0.05, 0) is 19.0 Å². The molecule has 0 atom stereocenters. The molecule has 0 aromatic heterocycles. The van der Waals surface area contributed by atoms with E-state index >= 15 is 0 Å². The quantitative estimate of drug-likeness (QED) is 0.558. The number of rotatable bonds is 3. The molecule has 58 valence electrons. The molecule has 0 saturated carbocycles. The maximum atomic E-state index is 3.31. The number of likely N-dealkylation sites (N-methyl/N-ethyl adjacent to an activating group) is 1. The summed E-state index contributed by atoms with van der Waals surface area (Å²) in [6, 6.07) is 0. The van der Waals surface area contributed by atoms with Crippen LogP contribution in [0.25, 0.3) is 0 Å². The first-order valence-electron chi connectivity index (χ1n) is 3.93. The van der Waals surface area contributed by atoms with Gasteiger partial charge in [-0.15, -0.1) is 0 Å². The van der Waals surface area contributed by atoms with Crippen LogP contribution in [-0.2, 0) is 0 Å². The lowest BCUT2D eigenvalue weighted by Crippen LogP contribution is -2.36. The Hall–Kier alpha value is -0.340. The molecule has 0 aromatic carbocycles. The van der Waals surface area contributed by atoms with Gasteiger partial charge >= 0.3 is 0 Å². The van der Waals surface area contributed by atoms with Gasteiger partial charge in [-0.3, -0.25) is 0 Å². The van der Waals surface area contributed by atoms with Gasteiger partial charge < -0.3 is 10.6 Å². The predicted octanol–water partition coefficient (Wildman–Crippen LogP) is 0.516. The maximum Gasteiger partial charge on any atom is 0.0183 e. The lowest BCUT2D eigenvalue weighted by atomic mass is 10.1. The van der Waals surface area contributed by atoms with E-state index in [2.05, 4.69) is 24.5 Å². The summed E-state index contributed by atoms with van der Waals surface area (Å²) >= 11 is 0. The summed E-state index contributed by atoms with van der Waals surface area (Å²) in [5.41, 5.74) is 3.10. The van der Waals surface area contributed by atoms with E-state index in [0.717, 1.165) is 26.2 Å². The highest BCUT2D eigenvalue weighted by Crippen LogP contribution is 2.06. The minimum Gasteiger partial charge on any atom is -0.313 e. The van der Waals surface area contributed by atoms with Gasteiger partial charge in [-0.1, -0.05) is 12.5 Å². The molecule has 2 heteroatoms. The van der Waals surface area contributed by atoms with Crippen LogP contribution in [0.4, 0.5) is 0 Å². The molecule has 0 amide bonds. The zero-order chi connectivity index (χ0) is 7.40. The topological polar surface area (TPSA) is 24.1 Å². The van der Waals surface area contributed by atoms with E-state index in [-0.39, 0.29) is 0 Å². The molecule has 0 radical (unpaired) electrons. The van der Waals surface area contributed by atoms with Crippen LogP contribution in [0, 0.1) is 0 Å². The van der Waals surface area contributed by atoms with Gasteiger partial charge in [-0.2, -0.15) is 0 Å². The summed E-state index contributed by atoms with van der Waals surface area (Å²) < 4.78 is 0. The predicted molar refractivity (Wildman–Crippen MR) is 44.1 cm³/mol. The standard InChI is InChI=1S/C8H16N2/c1-3-9-4-7(2)8-5-10-6-8/h9-10H,3-6H2,1-2H3. The first-order valence-corrected chi connectivity index (χ1v) is 3.93. The third kappa shape index (κ3) is 1.82. The maximum absolute atomic E-state index is 3.31. The molecule has 1 aliphatic heterocycles. The molecule has 2 N–H and O–H groups in total. The fraction of sp³-hybridized carbons (Fsp3) is 0.750. The van der Waals surface area contributed by atoms with Crippen molar-refractivity contribution in [1.82, 2.24) is 10.6 Å². The van der Waals surface area contributed by atoms with Crippen molar-refractivity contribution < 1.29 is 0 Å². The highest BCUT2D eigenvalue weighted by Gasteiger charge is 2.09. The van der Waals surface area contributed by atoms with Gasteiger partial charge in [0.25, 0.3) is 0 Å². The number of hydrogen-bond acceptors (Lipinski definition) is 2. The molecular weight excluding hydrogens is 124 g/mol. The van der Waals surface area contributed by atoms with Gasteiger partial charge in [0.15, 0.2) is 0 Å². The first-order chi connectivity index (χ1) is 4.84. The fourth-order valence-corrected chi connectivity index (χ4v) is 0.989. The Bertz CT molecular complexity index is 132. The third-order valence-corrected chi connectivity index (χ3v) is 1.92. The van der Waals surface area contributed by atoms with E-state index in [0.29, 0.717) is 0 Å². The molecule has 0 bridgehead atoms. The average Bonchev–Trinajstić information content (AvgIpc) is 1.79. The SMILES string of the molecule is CCNCC(C)=C1CNC1. The molecule has 2 nitrogen and oxygen atoms in total. The molecule has 0 aliphatic carbocycles.